The van der Waals surface area contributed by atoms with Gasteiger partial charge in [-0.3, -0.25) is 4.90 Å². The maximum Gasteiger partial charge on any atom is 0.0499 e. The molecule has 0 saturated carbocycles. The summed E-state index contributed by atoms with van der Waals surface area (Å²) in [5.41, 5.74) is 3.60. The van der Waals surface area contributed by atoms with E-state index in [4.69, 9.17) is 11.6 Å². The zero-order valence-electron chi connectivity index (χ0n) is 12.6. The Kier molecular flexibility index (Phi) is 4.62. The van der Waals surface area contributed by atoms with E-state index in [1.165, 1.54) is 16.5 Å². The summed E-state index contributed by atoms with van der Waals surface area (Å²) in [6.45, 7) is 1.78. The lowest BCUT2D eigenvalue weighted by atomic mass is 10.1. The highest BCUT2D eigenvalue weighted by Gasteiger charge is 2.04. The molecule has 3 heteroatoms. The second-order valence-corrected chi connectivity index (χ2v) is 5.89. The zero-order chi connectivity index (χ0) is 15.4. The van der Waals surface area contributed by atoms with Crippen LogP contribution < -0.4 is 0 Å². The van der Waals surface area contributed by atoms with Gasteiger partial charge in [0.05, 0.1) is 0 Å². The van der Waals surface area contributed by atoms with Crippen LogP contribution in [0, 0.1) is 0 Å². The SMILES string of the molecule is CN(CC=Cc1ccccc1Cl)Cc1cccc2cc[nH]c12. The highest BCUT2D eigenvalue weighted by molar-refractivity contribution is 6.32. The number of halogens is 1. The minimum Gasteiger partial charge on any atom is -0.361 e. The number of benzene rings is 2. The van der Waals surface area contributed by atoms with E-state index in [9.17, 15) is 0 Å². The van der Waals surface area contributed by atoms with Crippen molar-refractivity contribution in [1.29, 1.82) is 0 Å². The molecule has 0 spiro atoms. The van der Waals surface area contributed by atoms with Crippen LogP contribution in [-0.4, -0.2) is 23.5 Å². The highest BCUT2D eigenvalue weighted by atomic mass is 35.5. The molecule has 0 atom stereocenters. The van der Waals surface area contributed by atoms with Crippen LogP contribution in [0.2, 0.25) is 5.02 Å². The molecule has 2 nitrogen and oxygen atoms in total. The minimum absolute atomic E-state index is 0.789. The van der Waals surface area contributed by atoms with Crippen LogP contribution in [0.5, 0.6) is 0 Å². The number of aromatic amines is 1. The van der Waals surface area contributed by atoms with Gasteiger partial charge in [0.1, 0.15) is 0 Å². The standard InChI is InChI=1S/C19H19ClN2/c1-22(13-5-9-15-6-2-3-10-18(15)20)14-17-8-4-7-16-11-12-21-19(16)17/h2-12,21H,13-14H2,1H3. The largest absolute Gasteiger partial charge is 0.361 e. The van der Waals surface area contributed by atoms with Crippen LogP contribution in [-0.2, 0) is 6.54 Å². The summed E-state index contributed by atoms with van der Waals surface area (Å²) in [6, 6.07) is 16.4. The van der Waals surface area contributed by atoms with Crippen molar-refractivity contribution in [2.24, 2.45) is 0 Å². The number of fused-ring (bicyclic) bond motifs is 1. The number of rotatable bonds is 5. The fraction of sp³-hybridized carbons (Fsp3) is 0.158. The number of nitrogens with zero attached hydrogens (tertiary/aromatic N) is 1. The van der Waals surface area contributed by atoms with Crippen molar-refractivity contribution in [3.8, 4) is 0 Å². The summed E-state index contributed by atoms with van der Waals surface area (Å²) in [7, 11) is 2.12. The molecule has 3 aromatic rings. The number of aromatic nitrogens is 1. The number of para-hydroxylation sites is 1. The summed E-state index contributed by atoms with van der Waals surface area (Å²) in [4.78, 5) is 5.60. The lowest BCUT2D eigenvalue weighted by Gasteiger charge is -2.15. The van der Waals surface area contributed by atoms with Crippen LogP contribution in [0.1, 0.15) is 11.1 Å². The van der Waals surface area contributed by atoms with Crippen LogP contribution in [0.3, 0.4) is 0 Å². The van der Waals surface area contributed by atoms with Crippen molar-refractivity contribution in [2.45, 2.75) is 6.54 Å². The third-order valence-electron chi connectivity index (χ3n) is 3.73. The molecule has 1 heterocycles. The summed E-state index contributed by atoms with van der Waals surface area (Å²) < 4.78 is 0. The maximum absolute atomic E-state index is 6.15. The van der Waals surface area contributed by atoms with Gasteiger partial charge in [0.25, 0.3) is 0 Å². The number of H-pyrrole nitrogens is 1. The molecule has 0 radical (unpaired) electrons. The second-order valence-electron chi connectivity index (χ2n) is 5.48. The molecular formula is C19H19ClN2. The molecule has 0 saturated heterocycles. The van der Waals surface area contributed by atoms with Crippen LogP contribution in [0.25, 0.3) is 17.0 Å². The van der Waals surface area contributed by atoms with Gasteiger partial charge in [-0.2, -0.15) is 0 Å². The predicted molar refractivity (Wildman–Crippen MR) is 95.1 cm³/mol. The van der Waals surface area contributed by atoms with Gasteiger partial charge >= 0.3 is 0 Å². The molecular weight excluding hydrogens is 292 g/mol. The number of likely N-dealkylation sites (N-methyl/N-ethyl adjacent to an activating group) is 1. The van der Waals surface area contributed by atoms with E-state index < -0.39 is 0 Å². The van der Waals surface area contributed by atoms with Crippen molar-refractivity contribution >= 4 is 28.6 Å². The fourth-order valence-corrected chi connectivity index (χ4v) is 2.81. The molecule has 3 rings (SSSR count). The van der Waals surface area contributed by atoms with Crippen LogP contribution in [0.15, 0.2) is 60.8 Å². The molecule has 0 fully saturated rings. The lowest BCUT2D eigenvalue weighted by molar-refractivity contribution is 0.365. The molecule has 0 amide bonds. The van der Waals surface area contributed by atoms with E-state index in [-0.39, 0.29) is 0 Å². The van der Waals surface area contributed by atoms with Gasteiger partial charge < -0.3 is 4.98 Å². The number of hydrogen-bond acceptors (Lipinski definition) is 1. The molecule has 1 N–H and O–H groups in total. The first-order valence-electron chi connectivity index (χ1n) is 7.38. The van der Waals surface area contributed by atoms with Crippen LogP contribution in [0.4, 0.5) is 0 Å². The average molecular weight is 311 g/mol. The molecule has 0 aliphatic rings. The molecule has 22 heavy (non-hydrogen) atoms. The molecule has 0 aliphatic carbocycles. The van der Waals surface area contributed by atoms with Gasteiger partial charge in [-0.1, -0.05) is 60.2 Å². The quantitative estimate of drug-likeness (QED) is 0.705. The Balaban J connectivity index is 1.64. The molecule has 112 valence electrons. The number of nitrogens with one attached hydrogen (secondary N) is 1. The van der Waals surface area contributed by atoms with Crippen molar-refractivity contribution in [2.75, 3.05) is 13.6 Å². The van der Waals surface area contributed by atoms with Crippen molar-refractivity contribution in [3.05, 3.63) is 77.0 Å². The molecule has 0 aliphatic heterocycles. The Morgan fingerprint density at radius 1 is 1.09 bits per heavy atom. The maximum atomic E-state index is 6.15. The Morgan fingerprint density at radius 2 is 1.95 bits per heavy atom. The molecule has 0 unspecified atom stereocenters. The van der Waals surface area contributed by atoms with Gasteiger partial charge in [-0.05, 0) is 35.7 Å². The van der Waals surface area contributed by atoms with E-state index >= 15 is 0 Å². The highest BCUT2D eigenvalue weighted by Crippen LogP contribution is 2.19. The van der Waals surface area contributed by atoms with Crippen LogP contribution >= 0.6 is 11.6 Å². The normalized spacial score (nSPS) is 11.8. The van der Waals surface area contributed by atoms with Crippen molar-refractivity contribution < 1.29 is 0 Å². The summed E-state index contributed by atoms with van der Waals surface area (Å²) >= 11 is 6.15. The Labute approximate surface area is 136 Å². The third-order valence-corrected chi connectivity index (χ3v) is 4.08. The van der Waals surface area contributed by atoms with E-state index in [1.807, 2.05) is 30.5 Å². The van der Waals surface area contributed by atoms with Gasteiger partial charge in [0.2, 0.25) is 0 Å². The average Bonchev–Trinajstić information content (AvgIpc) is 2.99. The smallest absolute Gasteiger partial charge is 0.0499 e. The summed E-state index contributed by atoms with van der Waals surface area (Å²) in [5, 5.41) is 2.05. The Morgan fingerprint density at radius 3 is 2.82 bits per heavy atom. The Hall–Kier alpha value is -2.03. The molecule has 2 aromatic carbocycles. The van der Waals surface area contributed by atoms with E-state index in [2.05, 4.69) is 53.3 Å². The van der Waals surface area contributed by atoms with Gasteiger partial charge in [0, 0.05) is 29.8 Å². The van der Waals surface area contributed by atoms with Gasteiger partial charge in [-0.15, -0.1) is 0 Å². The Bertz CT molecular complexity index is 789. The lowest BCUT2D eigenvalue weighted by Crippen LogP contribution is -2.17. The summed E-state index contributed by atoms with van der Waals surface area (Å²) in [6.07, 6.45) is 6.22. The van der Waals surface area contributed by atoms with E-state index in [0.717, 1.165) is 23.7 Å². The third kappa shape index (κ3) is 3.41. The summed E-state index contributed by atoms with van der Waals surface area (Å²) in [5.74, 6) is 0. The van der Waals surface area contributed by atoms with Gasteiger partial charge in [0.15, 0.2) is 0 Å². The predicted octanol–water partition coefficient (Wildman–Crippen LogP) is 4.97. The minimum atomic E-state index is 0.789. The van der Waals surface area contributed by atoms with Crippen molar-refractivity contribution in [3.63, 3.8) is 0 Å². The van der Waals surface area contributed by atoms with E-state index in [0.29, 0.717) is 0 Å². The fourth-order valence-electron chi connectivity index (χ4n) is 2.61. The molecule has 0 bridgehead atoms. The zero-order valence-corrected chi connectivity index (χ0v) is 13.3. The topological polar surface area (TPSA) is 19.0 Å². The number of hydrogen-bond donors (Lipinski definition) is 1. The second kappa shape index (κ2) is 6.82. The van der Waals surface area contributed by atoms with E-state index in [1.54, 1.807) is 0 Å². The monoisotopic (exact) mass is 310 g/mol. The van der Waals surface area contributed by atoms with Crippen molar-refractivity contribution in [1.82, 2.24) is 9.88 Å². The first-order chi connectivity index (χ1) is 10.7. The van der Waals surface area contributed by atoms with Gasteiger partial charge in [-0.25, -0.2) is 0 Å². The first kappa shape index (κ1) is 14.9. The molecule has 1 aromatic heterocycles. The first-order valence-corrected chi connectivity index (χ1v) is 7.76.